The SMILES string of the molecule is CCc1ccc(N2C[C@H](C(=O)NCCc3c[nH]c4ccc(Cl)cc34)CC2=O)cc1. The highest BCUT2D eigenvalue weighted by Gasteiger charge is 2.34. The van der Waals surface area contributed by atoms with Crippen molar-refractivity contribution in [3.63, 3.8) is 0 Å². The Balaban J connectivity index is 1.34. The van der Waals surface area contributed by atoms with Crippen molar-refractivity contribution in [1.29, 1.82) is 0 Å². The van der Waals surface area contributed by atoms with Crippen molar-refractivity contribution in [3.8, 4) is 0 Å². The standard InChI is InChI=1S/C23H24ClN3O2/c1-2-15-3-6-19(7-4-15)27-14-17(11-22(27)28)23(29)25-10-9-16-13-26-21-8-5-18(24)12-20(16)21/h3-8,12-13,17,26H,2,9-11,14H2,1H3,(H,25,29)/t17-/m1/s1. The summed E-state index contributed by atoms with van der Waals surface area (Å²) in [7, 11) is 0. The highest BCUT2D eigenvalue weighted by atomic mass is 35.5. The molecular formula is C23H24ClN3O2. The molecule has 0 unspecified atom stereocenters. The van der Waals surface area contributed by atoms with Gasteiger partial charge in [0.1, 0.15) is 0 Å². The molecule has 150 valence electrons. The van der Waals surface area contributed by atoms with Crippen LogP contribution in [-0.2, 0) is 22.4 Å². The van der Waals surface area contributed by atoms with Gasteiger partial charge in [0.2, 0.25) is 11.8 Å². The lowest BCUT2D eigenvalue weighted by Crippen LogP contribution is -2.34. The zero-order chi connectivity index (χ0) is 20.4. The van der Waals surface area contributed by atoms with Crippen molar-refractivity contribution >= 4 is 40.0 Å². The average Bonchev–Trinajstić information content (AvgIpc) is 3.31. The number of anilines is 1. The van der Waals surface area contributed by atoms with Crippen LogP contribution in [0.25, 0.3) is 10.9 Å². The van der Waals surface area contributed by atoms with Gasteiger partial charge in [-0.15, -0.1) is 0 Å². The first-order valence-electron chi connectivity index (χ1n) is 9.97. The summed E-state index contributed by atoms with van der Waals surface area (Å²) >= 11 is 6.09. The normalized spacial score (nSPS) is 16.6. The lowest BCUT2D eigenvalue weighted by atomic mass is 10.1. The van der Waals surface area contributed by atoms with Gasteiger partial charge in [-0.05, 0) is 54.3 Å². The number of carbonyl (C=O) groups is 2. The van der Waals surface area contributed by atoms with E-state index in [2.05, 4.69) is 17.2 Å². The molecule has 4 rings (SSSR count). The highest BCUT2D eigenvalue weighted by molar-refractivity contribution is 6.31. The molecule has 2 heterocycles. The van der Waals surface area contributed by atoms with Gasteiger partial charge in [0.05, 0.1) is 5.92 Å². The molecule has 29 heavy (non-hydrogen) atoms. The number of nitrogens with one attached hydrogen (secondary N) is 2. The van der Waals surface area contributed by atoms with E-state index >= 15 is 0 Å². The zero-order valence-corrected chi connectivity index (χ0v) is 17.1. The predicted octanol–water partition coefficient (Wildman–Crippen LogP) is 4.10. The molecule has 0 bridgehead atoms. The molecule has 2 aromatic carbocycles. The van der Waals surface area contributed by atoms with E-state index in [1.165, 1.54) is 5.56 Å². The molecular weight excluding hydrogens is 386 g/mol. The number of aromatic nitrogens is 1. The molecule has 1 saturated heterocycles. The Morgan fingerprint density at radius 2 is 2.03 bits per heavy atom. The van der Waals surface area contributed by atoms with Crippen LogP contribution in [0.4, 0.5) is 5.69 Å². The van der Waals surface area contributed by atoms with Crippen molar-refractivity contribution in [1.82, 2.24) is 10.3 Å². The van der Waals surface area contributed by atoms with Crippen LogP contribution in [0.5, 0.6) is 0 Å². The maximum Gasteiger partial charge on any atom is 0.227 e. The second-order valence-electron chi connectivity index (χ2n) is 7.47. The fourth-order valence-electron chi connectivity index (χ4n) is 3.87. The fourth-order valence-corrected chi connectivity index (χ4v) is 4.04. The number of hydrogen-bond acceptors (Lipinski definition) is 2. The number of rotatable bonds is 6. The minimum atomic E-state index is -0.314. The summed E-state index contributed by atoms with van der Waals surface area (Å²) in [5, 5.41) is 4.76. The van der Waals surface area contributed by atoms with E-state index in [0.717, 1.165) is 28.6 Å². The molecule has 2 amide bonds. The number of benzene rings is 2. The van der Waals surface area contributed by atoms with Crippen LogP contribution < -0.4 is 10.2 Å². The topological polar surface area (TPSA) is 65.2 Å². The highest BCUT2D eigenvalue weighted by Crippen LogP contribution is 2.26. The van der Waals surface area contributed by atoms with Gasteiger partial charge >= 0.3 is 0 Å². The largest absolute Gasteiger partial charge is 0.361 e. The Kier molecular flexibility index (Phi) is 5.58. The van der Waals surface area contributed by atoms with Gasteiger partial charge < -0.3 is 15.2 Å². The first kappa shape index (κ1) is 19.5. The van der Waals surface area contributed by atoms with E-state index in [1.807, 2.05) is 48.7 Å². The van der Waals surface area contributed by atoms with Gasteiger partial charge in [-0.1, -0.05) is 30.7 Å². The van der Waals surface area contributed by atoms with Gasteiger partial charge in [0.15, 0.2) is 0 Å². The van der Waals surface area contributed by atoms with E-state index in [1.54, 1.807) is 4.90 Å². The molecule has 1 aliphatic heterocycles. The number of aryl methyl sites for hydroxylation is 1. The molecule has 0 aliphatic carbocycles. The molecule has 1 fully saturated rings. The number of aromatic amines is 1. The molecule has 1 aromatic heterocycles. The van der Waals surface area contributed by atoms with E-state index in [9.17, 15) is 9.59 Å². The van der Waals surface area contributed by atoms with Gasteiger partial charge in [0, 0.05) is 47.3 Å². The van der Waals surface area contributed by atoms with Crippen molar-refractivity contribution in [2.24, 2.45) is 5.92 Å². The lowest BCUT2D eigenvalue weighted by Gasteiger charge is -2.17. The summed E-state index contributed by atoms with van der Waals surface area (Å²) in [4.78, 5) is 29.9. The van der Waals surface area contributed by atoms with E-state index in [4.69, 9.17) is 11.6 Å². The Hall–Kier alpha value is -2.79. The average molecular weight is 410 g/mol. The molecule has 0 saturated carbocycles. The van der Waals surface area contributed by atoms with Crippen LogP contribution in [-0.4, -0.2) is 29.9 Å². The minimum Gasteiger partial charge on any atom is -0.361 e. The first-order valence-corrected chi connectivity index (χ1v) is 10.4. The third-order valence-electron chi connectivity index (χ3n) is 5.58. The number of amides is 2. The van der Waals surface area contributed by atoms with E-state index in [-0.39, 0.29) is 24.2 Å². The van der Waals surface area contributed by atoms with Crippen molar-refractivity contribution in [3.05, 3.63) is 64.8 Å². The third kappa shape index (κ3) is 4.15. The van der Waals surface area contributed by atoms with Crippen LogP contribution in [0.3, 0.4) is 0 Å². The van der Waals surface area contributed by atoms with Gasteiger partial charge in [-0.3, -0.25) is 9.59 Å². The Morgan fingerprint density at radius 3 is 2.79 bits per heavy atom. The quantitative estimate of drug-likeness (QED) is 0.643. The number of halogens is 1. The third-order valence-corrected chi connectivity index (χ3v) is 5.81. The maximum absolute atomic E-state index is 12.6. The summed E-state index contributed by atoms with van der Waals surface area (Å²) in [6, 6.07) is 13.7. The first-order chi connectivity index (χ1) is 14.0. The molecule has 0 radical (unpaired) electrons. The summed E-state index contributed by atoms with van der Waals surface area (Å²) in [6.45, 7) is 3.05. The summed E-state index contributed by atoms with van der Waals surface area (Å²) in [6.07, 6.45) is 3.87. The molecule has 1 aliphatic rings. The van der Waals surface area contributed by atoms with Crippen LogP contribution in [0, 0.1) is 5.92 Å². The lowest BCUT2D eigenvalue weighted by molar-refractivity contribution is -0.126. The summed E-state index contributed by atoms with van der Waals surface area (Å²) < 4.78 is 0. The fraction of sp³-hybridized carbons (Fsp3) is 0.304. The molecule has 1 atom stereocenters. The smallest absolute Gasteiger partial charge is 0.227 e. The Bertz CT molecular complexity index is 1040. The molecule has 0 spiro atoms. The molecule has 2 N–H and O–H groups in total. The van der Waals surface area contributed by atoms with Crippen LogP contribution in [0.2, 0.25) is 5.02 Å². The maximum atomic E-state index is 12.6. The Labute approximate surface area is 175 Å². The second-order valence-corrected chi connectivity index (χ2v) is 7.91. The number of hydrogen-bond donors (Lipinski definition) is 2. The zero-order valence-electron chi connectivity index (χ0n) is 16.4. The molecule has 3 aromatic rings. The predicted molar refractivity (Wildman–Crippen MR) is 116 cm³/mol. The van der Waals surface area contributed by atoms with Gasteiger partial charge in [-0.2, -0.15) is 0 Å². The minimum absolute atomic E-state index is 0.000619. The Morgan fingerprint density at radius 1 is 1.24 bits per heavy atom. The second kappa shape index (κ2) is 8.29. The van der Waals surface area contributed by atoms with Crippen LogP contribution in [0.1, 0.15) is 24.5 Å². The number of nitrogens with zero attached hydrogens (tertiary/aromatic N) is 1. The van der Waals surface area contributed by atoms with Crippen LogP contribution in [0.15, 0.2) is 48.7 Å². The number of H-pyrrole nitrogens is 1. The number of carbonyl (C=O) groups excluding carboxylic acids is 2. The van der Waals surface area contributed by atoms with Gasteiger partial charge in [-0.25, -0.2) is 0 Å². The van der Waals surface area contributed by atoms with E-state index < -0.39 is 0 Å². The summed E-state index contributed by atoms with van der Waals surface area (Å²) in [5.74, 6) is -0.379. The van der Waals surface area contributed by atoms with Crippen molar-refractivity contribution in [2.45, 2.75) is 26.2 Å². The van der Waals surface area contributed by atoms with E-state index in [0.29, 0.717) is 24.5 Å². The molecule has 6 heteroatoms. The van der Waals surface area contributed by atoms with Crippen molar-refractivity contribution in [2.75, 3.05) is 18.0 Å². The monoisotopic (exact) mass is 409 g/mol. The van der Waals surface area contributed by atoms with Gasteiger partial charge in [0.25, 0.3) is 0 Å². The van der Waals surface area contributed by atoms with Crippen LogP contribution >= 0.6 is 11.6 Å². The molecule has 5 nitrogen and oxygen atoms in total. The summed E-state index contributed by atoms with van der Waals surface area (Å²) in [5.41, 5.74) is 4.23. The van der Waals surface area contributed by atoms with Crippen molar-refractivity contribution < 1.29 is 9.59 Å². The number of fused-ring (bicyclic) bond motifs is 1.